The smallest absolute Gasteiger partial charge is 0.139 e. The maximum absolute atomic E-state index is 10.3. The Morgan fingerprint density at radius 2 is 2.22 bits per heavy atom. The van der Waals surface area contributed by atoms with Crippen LogP contribution in [0, 0.1) is 0 Å². The van der Waals surface area contributed by atoms with Gasteiger partial charge in [-0.3, -0.25) is 9.67 Å². The Balaban J connectivity index is 2.35. The van der Waals surface area contributed by atoms with Crippen molar-refractivity contribution in [3.8, 4) is 0 Å². The highest BCUT2D eigenvalue weighted by Crippen LogP contribution is 2.27. The van der Waals surface area contributed by atoms with Gasteiger partial charge in [-0.2, -0.15) is 5.10 Å². The van der Waals surface area contributed by atoms with Gasteiger partial charge in [0.1, 0.15) is 6.10 Å². The minimum atomic E-state index is -0.861. The Bertz CT molecular complexity index is 527. The zero-order chi connectivity index (χ0) is 13.1. The molecule has 0 aliphatic heterocycles. The lowest BCUT2D eigenvalue weighted by atomic mass is 10.1. The molecule has 2 heterocycles. The van der Waals surface area contributed by atoms with E-state index in [1.807, 2.05) is 13.0 Å². The molecule has 1 N–H and O–H groups in total. The lowest BCUT2D eigenvalue weighted by Crippen LogP contribution is -2.11. The first kappa shape index (κ1) is 13.5. The number of nitrogens with zero attached hydrogens (tertiary/aromatic N) is 3. The summed E-state index contributed by atoms with van der Waals surface area (Å²) in [6.45, 7) is 2.76. The van der Waals surface area contributed by atoms with Crippen molar-refractivity contribution in [3.05, 3.63) is 45.4 Å². The molecule has 2 aromatic heterocycles. The zero-order valence-electron chi connectivity index (χ0n) is 9.85. The second-order valence-electron chi connectivity index (χ2n) is 3.90. The van der Waals surface area contributed by atoms with E-state index in [2.05, 4.69) is 26.0 Å². The van der Waals surface area contributed by atoms with Crippen LogP contribution in [0.2, 0.25) is 5.02 Å². The summed E-state index contributed by atoms with van der Waals surface area (Å²) in [5.74, 6) is 0. The largest absolute Gasteiger partial charge is 0.380 e. The minimum absolute atomic E-state index is 0.459. The Morgan fingerprint density at radius 1 is 1.44 bits per heavy atom. The number of aliphatic hydroxyl groups is 1. The van der Waals surface area contributed by atoms with Crippen molar-refractivity contribution in [2.75, 3.05) is 0 Å². The summed E-state index contributed by atoms with van der Waals surface area (Å²) in [6, 6.07) is 3.59. The number of hydrogen-bond donors (Lipinski definition) is 1. The molecule has 0 amide bonds. The van der Waals surface area contributed by atoms with Crippen LogP contribution in [0.3, 0.4) is 0 Å². The van der Waals surface area contributed by atoms with Gasteiger partial charge in [0, 0.05) is 17.2 Å². The molecule has 1 atom stereocenters. The van der Waals surface area contributed by atoms with Gasteiger partial charge in [0.25, 0.3) is 0 Å². The van der Waals surface area contributed by atoms with Gasteiger partial charge in [0.2, 0.25) is 0 Å². The Hall–Kier alpha value is -0.910. The Labute approximate surface area is 119 Å². The van der Waals surface area contributed by atoms with E-state index in [9.17, 15) is 5.11 Å². The third kappa shape index (κ3) is 2.74. The summed E-state index contributed by atoms with van der Waals surface area (Å²) in [7, 11) is 0. The van der Waals surface area contributed by atoms with Crippen molar-refractivity contribution >= 4 is 27.5 Å². The number of rotatable bonds is 4. The monoisotopic (exact) mass is 329 g/mol. The van der Waals surface area contributed by atoms with Gasteiger partial charge in [-0.1, -0.05) is 18.5 Å². The molecule has 18 heavy (non-hydrogen) atoms. The van der Waals surface area contributed by atoms with Gasteiger partial charge < -0.3 is 5.11 Å². The molecule has 0 spiro atoms. The van der Waals surface area contributed by atoms with Crippen LogP contribution in [0.4, 0.5) is 0 Å². The van der Waals surface area contributed by atoms with Crippen LogP contribution >= 0.6 is 27.5 Å². The molecule has 0 saturated heterocycles. The average Bonchev–Trinajstić information content (AvgIpc) is 2.71. The first-order valence-electron chi connectivity index (χ1n) is 5.64. The van der Waals surface area contributed by atoms with Crippen molar-refractivity contribution in [1.82, 2.24) is 14.8 Å². The normalized spacial score (nSPS) is 12.7. The molecule has 0 aliphatic carbocycles. The van der Waals surface area contributed by atoms with Gasteiger partial charge in [-0.25, -0.2) is 0 Å². The molecule has 96 valence electrons. The lowest BCUT2D eigenvalue weighted by Gasteiger charge is -2.13. The highest BCUT2D eigenvalue weighted by Gasteiger charge is 2.20. The fourth-order valence-electron chi connectivity index (χ4n) is 1.72. The lowest BCUT2D eigenvalue weighted by molar-refractivity contribution is 0.202. The van der Waals surface area contributed by atoms with Crippen LogP contribution in [-0.4, -0.2) is 19.9 Å². The fraction of sp³-hybridized carbons (Fsp3) is 0.333. The SMILES string of the molecule is CCCn1ncc(Cl)c1C(O)c1ccc(Br)cn1. The zero-order valence-corrected chi connectivity index (χ0v) is 12.2. The third-order valence-electron chi connectivity index (χ3n) is 2.56. The Morgan fingerprint density at radius 3 is 2.83 bits per heavy atom. The fourth-order valence-corrected chi connectivity index (χ4v) is 2.20. The molecule has 2 aromatic rings. The first-order chi connectivity index (χ1) is 8.63. The minimum Gasteiger partial charge on any atom is -0.380 e. The highest BCUT2D eigenvalue weighted by molar-refractivity contribution is 9.10. The molecule has 0 bridgehead atoms. The number of aromatic nitrogens is 3. The van der Waals surface area contributed by atoms with E-state index in [0.717, 1.165) is 17.4 Å². The highest BCUT2D eigenvalue weighted by atomic mass is 79.9. The summed E-state index contributed by atoms with van der Waals surface area (Å²) in [5.41, 5.74) is 1.14. The summed E-state index contributed by atoms with van der Waals surface area (Å²) in [6.07, 6.45) is 3.26. The predicted molar refractivity (Wildman–Crippen MR) is 73.5 cm³/mol. The van der Waals surface area contributed by atoms with Crippen LogP contribution in [0.15, 0.2) is 29.0 Å². The molecular weight excluding hydrogens is 318 g/mol. The number of pyridine rings is 1. The van der Waals surface area contributed by atoms with Gasteiger partial charge in [0.15, 0.2) is 0 Å². The van der Waals surface area contributed by atoms with E-state index in [1.165, 1.54) is 0 Å². The van der Waals surface area contributed by atoms with Crippen LogP contribution < -0.4 is 0 Å². The second kappa shape index (κ2) is 5.82. The molecule has 1 unspecified atom stereocenters. The number of aliphatic hydroxyl groups excluding tert-OH is 1. The molecular formula is C12H13BrClN3O. The van der Waals surface area contributed by atoms with Crippen LogP contribution in [0.1, 0.15) is 30.8 Å². The molecule has 0 fully saturated rings. The van der Waals surface area contributed by atoms with E-state index < -0.39 is 6.10 Å². The van der Waals surface area contributed by atoms with Crippen LogP contribution in [-0.2, 0) is 6.54 Å². The average molecular weight is 331 g/mol. The van der Waals surface area contributed by atoms with Crippen molar-refractivity contribution in [2.45, 2.75) is 26.0 Å². The third-order valence-corrected chi connectivity index (χ3v) is 3.32. The van der Waals surface area contributed by atoms with E-state index in [4.69, 9.17) is 11.6 Å². The summed E-state index contributed by atoms with van der Waals surface area (Å²) < 4.78 is 2.59. The van der Waals surface area contributed by atoms with Crippen molar-refractivity contribution in [1.29, 1.82) is 0 Å². The standard InChI is InChI=1S/C12H13BrClN3O/c1-2-5-17-11(9(14)7-16-17)12(18)10-4-3-8(13)6-15-10/h3-4,6-7,12,18H,2,5H2,1H3. The van der Waals surface area contributed by atoms with E-state index >= 15 is 0 Å². The molecule has 2 rings (SSSR count). The van der Waals surface area contributed by atoms with Gasteiger partial charge in [-0.05, 0) is 34.5 Å². The summed E-state index contributed by atoms with van der Waals surface area (Å²) in [5, 5.41) is 15.0. The predicted octanol–water partition coefficient (Wildman–Crippen LogP) is 3.19. The molecule has 0 saturated carbocycles. The summed E-state index contributed by atoms with van der Waals surface area (Å²) in [4.78, 5) is 4.18. The van der Waals surface area contributed by atoms with Crippen LogP contribution in [0.25, 0.3) is 0 Å². The van der Waals surface area contributed by atoms with E-state index in [1.54, 1.807) is 23.1 Å². The number of aryl methyl sites for hydroxylation is 1. The first-order valence-corrected chi connectivity index (χ1v) is 6.81. The topological polar surface area (TPSA) is 50.9 Å². The van der Waals surface area contributed by atoms with Gasteiger partial charge >= 0.3 is 0 Å². The van der Waals surface area contributed by atoms with E-state index in [-0.39, 0.29) is 0 Å². The van der Waals surface area contributed by atoms with E-state index in [0.29, 0.717) is 16.4 Å². The van der Waals surface area contributed by atoms with Crippen molar-refractivity contribution in [2.24, 2.45) is 0 Å². The maximum Gasteiger partial charge on any atom is 0.139 e. The number of hydrogen-bond acceptors (Lipinski definition) is 3. The van der Waals surface area contributed by atoms with Crippen molar-refractivity contribution < 1.29 is 5.11 Å². The molecule has 0 aromatic carbocycles. The molecule has 0 radical (unpaired) electrons. The number of halogens is 2. The molecule has 4 nitrogen and oxygen atoms in total. The van der Waals surface area contributed by atoms with Gasteiger partial charge in [0.05, 0.1) is 22.6 Å². The van der Waals surface area contributed by atoms with Crippen LogP contribution in [0.5, 0.6) is 0 Å². The summed E-state index contributed by atoms with van der Waals surface area (Å²) >= 11 is 9.39. The van der Waals surface area contributed by atoms with Crippen molar-refractivity contribution in [3.63, 3.8) is 0 Å². The van der Waals surface area contributed by atoms with Gasteiger partial charge in [-0.15, -0.1) is 0 Å². The quantitative estimate of drug-likeness (QED) is 0.936. The second-order valence-corrected chi connectivity index (χ2v) is 5.23. The Kier molecular flexibility index (Phi) is 4.37. The molecule has 0 aliphatic rings. The maximum atomic E-state index is 10.3. The molecule has 6 heteroatoms.